The van der Waals surface area contributed by atoms with Crippen LogP contribution in [0.2, 0.25) is 0 Å². The summed E-state index contributed by atoms with van der Waals surface area (Å²) >= 11 is 0. The molecular formula is C23H15F6NO. The molecule has 0 spiro atoms. The molecule has 4 rings (SSSR count). The molecule has 0 bridgehead atoms. The number of hydrogen-bond acceptors (Lipinski definition) is 2. The largest absolute Gasteiger partial charge is 0.472 e. The molecule has 1 aliphatic rings. The third-order valence-electron chi connectivity index (χ3n) is 5.03. The standard InChI is InChI=1S/C23H15F6NO/c1-12-21(30-22(31-12)20-17(24)3-2-4-18(20)25)14-7-5-13(6-8-14)16-10-9-15(11-19(16)26)23(27,28)29/h2-12,21H,1H3/t12-,21+/m0/s1. The number of halogens is 6. The number of alkyl halides is 3. The maximum absolute atomic E-state index is 14.2. The number of ether oxygens (including phenoxy) is 1. The van der Waals surface area contributed by atoms with Gasteiger partial charge in [0, 0.05) is 5.56 Å². The fourth-order valence-electron chi connectivity index (χ4n) is 3.46. The lowest BCUT2D eigenvalue weighted by Gasteiger charge is -2.14. The van der Waals surface area contributed by atoms with Crippen LogP contribution in [0.25, 0.3) is 11.1 Å². The van der Waals surface area contributed by atoms with Crippen molar-refractivity contribution >= 4 is 5.90 Å². The van der Waals surface area contributed by atoms with Gasteiger partial charge in [0.2, 0.25) is 5.90 Å². The summed E-state index contributed by atoms with van der Waals surface area (Å²) < 4.78 is 86.0. The van der Waals surface area contributed by atoms with Gasteiger partial charge >= 0.3 is 6.18 Å². The normalized spacial score (nSPS) is 18.6. The maximum atomic E-state index is 14.2. The zero-order valence-corrected chi connectivity index (χ0v) is 16.1. The first kappa shape index (κ1) is 21.0. The summed E-state index contributed by atoms with van der Waals surface area (Å²) in [5.74, 6) is -2.72. The van der Waals surface area contributed by atoms with Gasteiger partial charge in [-0.15, -0.1) is 0 Å². The lowest BCUT2D eigenvalue weighted by molar-refractivity contribution is -0.137. The predicted molar refractivity (Wildman–Crippen MR) is 103 cm³/mol. The Morgan fingerprint density at radius 2 is 1.48 bits per heavy atom. The molecule has 31 heavy (non-hydrogen) atoms. The molecule has 2 nitrogen and oxygen atoms in total. The van der Waals surface area contributed by atoms with Crippen LogP contribution >= 0.6 is 0 Å². The van der Waals surface area contributed by atoms with Crippen LogP contribution in [-0.2, 0) is 10.9 Å². The summed E-state index contributed by atoms with van der Waals surface area (Å²) in [6, 6.07) is 11.6. The van der Waals surface area contributed by atoms with Gasteiger partial charge in [0.15, 0.2) is 0 Å². The summed E-state index contributed by atoms with van der Waals surface area (Å²) in [6.45, 7) is 1.70. The first-order valence-electron chi connectivity index (χ1n) is 9.31. The lowest BCUT2D eigenvalue weighted by Crippen LogP contribution is -2.14. The quantitative estimate of drug-likeness (QED) is 0.420. The Balaban J connectivity index is 1.62. The minimum atomic E-state index is -4.63. The second kappa shape index (κ2) is 7.76. The third kappa shape index (κ3) is 4.02. The highest BCUT2D eigenvalue weighted by Crippen LogP contribution is 2.35. The highest BCUT2D eigenvalue weighted by atomic mass is 19.4. The van der Waals surface area contributed by atoms with E-state index in [9.17, 15) is 26.3 Å². The van der Waals surface area contributed by atoms with Crippen LogP contribution in [0, 0.1) is 17.5 Å². The van der Waals surface area contributed by atoms with Crippen LogP contribution in [0.1, 0.15) is 29.7 Å². The Kier molecular flexibility index (Phi) is 5.24. The highest BCUT2D eigenvalue weighted by Gasteiger charge is 2.33. The van der Waals surface area contributed by atoms with Crippen LogP contribution in [0.4, 0.5) is 26.3 Å². The number of hydrogen-bond donors (Lipinski definition) is 0. The van der Waals surface area contributed by atoms with Crippen molar-refractivity contribution in [2.75, 3.05) is 0 Å². The Labute approximate surface area is 173 Å². The van der Waals surface area contributed by atoms with Crippen molar-refractivity contribution < 1.29 is 31.1 Å². The van der Waals surface area contributed by atoms with E-state index >= 15 is 0 Å². The fourth-order valence-corrected chi connectivity index (χ4v) is 3.46. The fraction of sp³-hybridized carbons (Fsp3) is 0.174. The summed E-state index contributed by atoms with van der Waals surface area (Å²) in [5, 5.41) is 0. The van der Waals surface area contributed by atoms with Crippen LogP contribution < -0.4 is 0 Å². The van der Waals surface area contributed by atoms with E-state index in [0.717, 1.165) is 24.3 Å². The minimum Gasteiger partial charge on any atom is -0.472 e. The van der Waals surface area contributed by atoms with Crippen molar-refractivity contribution in [3.05, 3.63) is 94.8 Å². The molecule has 0 fully saturated rings. The molecule has 0 N–H and O–H groups in total. The molecule has 2 atom stereocenters. The molecule has 0 radical (unpaired) electrons. The average molecular weight is 435 g/mol. The summed E-state index contributed by atoms with van der Waals surface area (Å²) in [7, 11) is 0. The monoisotopic (exact) mass is 435 g/mol. The summed E-state index contributed by atoms with van der Waals surface area (Å²) in [5.41, 5.74) is -0.362. The molecule has 0 aliphatic carbocycles. The van der Waals surface area contributed by atoms with Gasteiger partial charge in [-0.1, -0.05) is 36.4 Å². The van der Waals surface area contributed by atoms with Gasteiger partial charge in [0.1, 0.15) is 35.2 Å². The molecule has 0 saturated carbocycles. The van der Waals surface area contributed by atoms with Crippen LogP contribution in [0.15, 0.2) is 65.7 Å². The van der Waals surface area contributed by atoms with E-state index in [1.54, 1.807) is 31.2 Å². The van der Waals surface area contributed by atoms with Gasteiger partial charge in [-0.05, 0) is 42.3 Å². The predicted octanol–water partition coefficient (Wildman–Crippen LogP) is 6.70. The van der Waals surface area contributed by atoms with E-state index in [2.05, 4.69) is 4.99 Å². The molecule has 0 saturated heterocycles. The number of benzene rings is 3. The van der Waals surface area contributed by atoms with Crippen molar-refractivity contribution in [1.82, 2.24) is 0 Å². The highest BCUT2D eigenvalue weighted by molar-refractivity contribution is 5.96. The van der Waals surface area contributed by atoms with Crippen LogP contribution in [-0.4, -0.2) is 12.0 Å². The Morgan fingerprint density at radius 3 is 2.06 bits per heavy atom. The van der Waals surface area contributed by atoms with E-state index < -0.39 is 41.3 Å². The molecule has 0 amide bonds. The zero-order chi connectivity index (χ0) is 22.3. The Morgan fingerprint density at radius 1 is 0.839 bits per heavy atom. The first-order valence-corrected chi connectivity index (χ1v) is 9.31. The van der Waals surface area contributed by atoms with Crippen molar-refractivity contribution in [1.29, 1.82) is 0 Å². The van der Waals surface area contributed by atoms with Crippen molar-refractivity contribution in [2.45, 2.75) is 25.2 Å². The van der Waals surface area contributed by atoms with Crippen LogP contribution in [0.5, 0.6) is 0 Å². The zero-order valence-electron chi connectivity index (χ0n) is 16.1. The number of rotatable bonds is 3. The third-order valence-corrected chi connectivity index (χ3v) is 5.03. The first-order chi connectivity index (χ1) is 14.6. The molecular weight excluding hydrogens is 420 g/mol. The van der Waals surface area contributed by atoms with Gasteiger partial charge < -0.3 is 4.74 Å². The smallest absolute Gasteiger partial charge is 0.416 e. The van der Waals surface area contributed by atoms with Gasteiger partial charge in [0.05, 0.1) is 5.56 Å². The van der Waals surface area contributed by atoms with E-state index in [1.165, 1.54) is 6.07 Å². The minimum absolute atomic E-state index is 0.0212. The molecule has 1 heterocycles. The number of nitrogens with zero attached hydrogens (tertiary/aromatic N) is 1. The molecule has 0 aromatic heterocycles. The van der Waals surface area contributed by atoms with Crippen molar-refractivity contribution in [3.8, 4) is 11.1 Å². The molecule has 3 aromatic rings. The second-order valence-corrected chi connectivity index (χ2v) is 7.11. The Hall–Kier alpha value is -3.29. The molecule has 160 valence electrons. The second-order valence-electron chi connectivity index (χ2n) is 7.11. The lowest BCUT2D eigenvalue weighted by atomic mass is 9.98. The average Bonchev–Trinajstić information content (AvgIpc) is 3.08. The topological polar surface area (TPSA) is 21.6 Å². The molecule has 3 aromatic carbocycles. The molecule has 0 unspecified atom stereocenters. The Bertz CT molecular complexity index is 1130. The maximum Gasteiger partial charge on any atom is 0.416 e. The van der Waals surface area contributed by atoms with E-state index in [-0.39, 0.29) is 17.0 Å². The van der Waals surface area contributed by atoms with E-state index in [4.69, 9.17) is 4.74 Å². The van der Waals surface area contributed by atoms with E-state index in [1.807, 2.05) is 0 Å². The van der Waals surface area contributed by atoms with Crippen LogP contribution in [0.3, 0.4) is 0 Å². The number of aliphatic imine (C=N–C) groups is 1. The van der Waals surface area contributed by atoms with Gasteiger partial charge in [-0.2, -0.15) is 13.2 Å². The van der Waals surface area contributed by atoms with Gasteiger partial charge in [-0.25, -0.2) is 18.2 Å². The van der Waals surface area contributed by atoms with E-state index in [0.29, 0.717) is 17.2 Å². The SMILES string of the molecule is C[C@@H]1OC(c2c(F)cccc2F)=N[C@H]1c1ccc(-c2ccc(C(F)(F)F)cc2F)cc1. The molecule has 1 aliphatic heterocycles. The van der Waals surface area contributed by atoms with Gasteiger partial charge in [-0.3, -0.25) is 0 Å². The van der Waals surface area contributed by atoms with Gasteiger partial charge in [0.25, 0.3) is 0 Å². The summed E-state index contributed by atoms with van der Waals surface area (Å²) in [6.07, 6.45) is -5.14. The van der Waals surface area contributed by atoms with Crippen molar-refractivity contribution in [3.63, 3.8) is 0 Å². The molecule has 8 heteroatoms. The van der Waals surface area contributed by atoms with Crippen molar-refractivity contribution in [2.24, 2.45) is 4.99 Å². The summed E-state index contributed by atoms with van der Waals surface area (Å²) in [4.78, 5) is 4.31.